The van der Waals surface area contributed by atoms with E-state index < -0.39 is 0 Å². The Kier molecular flexibility index (Phi) is 8.88. The number of rotatable bonds is 8. The summed E-state index contributed by atoms with van der Waals surface area (Å²) < 4.78 is 10.5. The van der Waals surface area contributed by atoms with E-state index >= 15 is 0 Å². The standard InChI is InChI=1S/C9H21NO2/c1-4-9(8-10-2)12-7-5-6-11-3/h9-10H,4-8H2,1-3H3. The second-order valence-corrected chi connectivity index (χ2v) is 2.81. The zero-order chi connectivity index (χ0) is 9.23. The monoisotopic (exact) mass is 175 g/mol. The lowest BCUT2D eigenvalue weighted by atomic mass is 10.3. The Morgan fingerprint density at radius 1 is 1.33 bits per heavy atom. The highest BCUT2D eigenvalue weighted by atomic mass is 16.5. The summed E-state index contributed by atoms with van der Waals surface area (Å²) in [6.45, 7) is 4.66. The van der Waals surface area contributed by atoms with Gasteiger partial charge in [0.1, 0.15) is 0 Å². The van der Waals surface area contributed by atoms with Gasteiger partial charge in [-0.25, -0.2) is 0 Å². The van der Waals surface area contributed by atoms with Gasteiger partial charge >= 0.3 is 0 Å². The lowest BCUT2D eigenvalue weighted by Gasteiger charge is -2.15. The van der Waals surface area contributed by atoms with Crippen LogP contribution < -0.4 is 5.32 Å². The maximum atomic E-state index is 5.59. The molecule has 0 radical (unpaired) electrons. The molecule has 0 aliphatic carbocycles. The SMILES string of the molecule is CCC(CNC)OCCCOC. The normalized spacial score (nSPS) is 13.2. The van der Waals surface area contributed by atoms with Gasteiger partial charge in [-0.15, -0.1) is 0 Å². The Labute approximate surface area is 75.4 Å². The molecular weight excluding hydrogens is 154 g/mol. The van der Waals surface area contributed by atoms with Crippen molar-refractivity contribution in [1.82, 2.24) is 5.32 Å². The first-order valence-electron chi connectivity index (χ1n) is 4.60. The number of hydrogen-bond donors (Lipinski definition) is 1. The van der Waals surface area contributed by atoms with E-state index in [0.29, 0.717) is 6.10 Å². The number of methoxy groups -OCH3 is 1. The third-order valence-electron chi connectivity index (χ3n) is 1.73. The number of hydrogen-bond acceptors (Lipinski definition) is 3. The second-order valence-electron chi connectivity index (χ2n) is 2.81. The minimum atomic E-state index is 0.354. The van der Waals surface area contributed by atoms with E-state index in [-0.39, 0.29) is 0 Å². The first-order chi connectivity index (χ1) is 5.85. The van der Waals surface area contributed by atoms with Crippen LogP contribution in [0.1, 0.15) is 19.8 Å². The van der Waals surface area contributed by atoms with Crippen LogP contribution in [0, 0.1) is 0 Å². The minimum Gasteiger partial charge on any atom is -0.385 e. The van der Waals surface area contributed by atoms with Gasteiger partial charge in [0.25, 0.3) is 0 Å². The maximum Gasteiger partial charge on any atom is 0.0696 e. The van der Waals surface area contributed by atoms with Gasteiger partial charge in [0.15, 0.2) is 0 Å². The summed E-state index contributed by atoms with van der Waals surface area (Å²) in [5.41, 5.74) is 0. The van der Waals surface area contributed by atoms with E-state index in [0.717, 1.165) is 32.6 Å². The van der Waals surface area contributed by atoms with Crippen molar-refractivity contribution in [3.8, 4) is 0 Å². The van der Waals surface area contributed by atoms with Crippen LogP contribution in [0.5, 0.6) is 0 Å². The second kappa shape index (κ2) is 8.97. The summed E-state index contributed by atoms with van der Waals surface area (Å²) >= 11 is 0. The van der Waals surface area contributed by atoms with Crippen LogP contribution in [0.4, 0.5) is 0 Å². The first-order valence-corrected chi connectivity index (χ1v) is 4.60. The molecule has 0 spiro atoms. The molecule has 0 saturated carbocycles. The Balaban J connectivity index is 3.19. The Morgan fingerprint density at radius 2 is 2.08 bits per heavy atom. The minimum absolute atomic E-state index is 0.354. The lowest BCUT2D eigenvalue weighted by molar-refractivity contribution is 0.0387. The molecule has 0 rings (SSSR count). The molecule has 0 amide bonds. The average molecular weight is 175 g/mol. The summed E-state index contributed by atoms with van der Waals surface area (Å²) in [5, 5.41) is 3.10. The summed E-state index contributed by atoms with van der Waals surface area (Å²) in [4.78, 5) is 0. The first kappa shape index (κ1) is 11.9. The molecule has 0 bridgehead atoms. The largest absolute Gasteiger partial charge is 0.385 e. The molecule has 0 aromatic heterocycles. The van der Waals surface area contributed by atoms with E-state index in [1.54, 1.807) is 7.11 Å². The third kappa shape index (κ3) is 6.58. The highest BCUT2D eigenvalue weighted by Crippen LogP contribution is 1.97. The molecule has 74 valence electrons. The Hall–Kier alpha value is -0.120. The van der Waals surface area contributed by atoms with E-state index in [9.17, 15) is 0 Å². The van der Waals surface area contributed by atoms with Crippen molar-refractivity contribution < 1.29 is 9.47 Å². The van der Waals surface area contributed by atoms with Crippen LogP contribution in [-0.2, 0) is 9.47 Å². The highest BCUT2D eigenvalue weighted by molar-refractivity contribution is 4.56. The van der Waals surface area contributed by atoms with Crippen LogP contribution in [0.3, 0.4) is 0 Å². The van der Waals surface area contributed by atoms with Crippen molar-refractivity contribution in [3.05, 3.63) is 0 Å². The van der Waals surface area contributed by atoms with Crippen LogP contribution in [0.2, 0.25) is 0 Å². The smallest absolute Gasteiger partial charge is 0.0696 e. The fourth-order valence-corrected chi connectivity index (χ4v) is 1.00. The molecular formula is C9H21NO2. The molecule has 0 heterocycles. The van der Waals surface area contributed by atoms with Gasteiger partial charge in [-0.2, -0.15) is 0 Å². The van der Waals surface area contributed by atoms with Crippen molar-refractivity contribution in [2.75, 3.05) is 33.9 Å². The molecule has 0 fully saturated rings. The van der Waals surface area contributed by atoms with Crippen LogP contribution in [-0.4, -0.2) is 40.0 Å². The predicted molar refractivity (Wildman–Crippen MR) is 50.5 cm³/mol. The van der Waals surface area contributed by atoms with E-state index in [1.807, 2.05) is 7.05 Å². The number of nitrogens with one attached hydrogen (secondary N) is 1. The number of ether oxygens (including phenoxy) is 2. The summed E-state index contributed by atoms with van der Waals surface area (Å²) in [6.07, 6.45) is 2.40. The van der Waals surface area contributed by atoms with Gasteiger partial charge in [-0.05, 0) is 19.9 Å². The molecule has 0 aliphatic heterocycles. The van der Waals surface area contributed by atoms with Crippen molar-refractivity contribution in [2.24, 2.45) is 0 Å². The van der Waals surface area contributed by atoms with E-state index in [1.165, 1.54) is 0 Å². The molecule has 3 nitrogen and oxygen atoms in total. The van der Waals surface area contributed by atoms with Gasteiger partial charge in [0.2, 0.25) is 0 Å². The molecule has 0 aliphatic rings. The molecule has 0 aromatic rings. The zero-order valence-electron chi connectivity index (χ0n) is 8.43. The molecule has 12 heavy (non-hydrogen) atoms. The fourth-order valence-electron chi connectivity index (χ4n) is 1.00. The van der Waals surface area contributed by atoms with Gasteiger partial charge < -0.3 is 14.8 Å². The molecule has 0 aromatic carbocycles. The van der Waals surface area contributed by atoms with Gasteiger partial charge in [0.05, 0.1) is 6.10 Å². The van der Waals surface area contributed by atoms with Gasteiger partial charge in [-0.1, -0.05) is 6.92 Å². The topological polar surface area (TPSA) is 30.5 Å². The molecule has 0 saturated heterocycles. The highest BCUT2D eigenvalue weighted by Gasteiger charge is 2.03. The van der Waals surface area contributed by atoms with Crippen LogP contribution in [0.25, 0.3) is 0 Å². The van der Waals surface area contributed by atoms with Crippen LogP contribution in [0.15, 0.2) is 0 Å². The van der Waals surface area contributed by atoms with E-state index in [2.05, 4.69) is 12.2 Å². The predicted octanol–water partition coefficient (Wildman–Crippen LogP) is 1.04. The molecule has 1 N–H and O–H groups in total. The third-order valence-corrected chi connectivity index (χ3v) is 1.73. The lowest BCUT2D eigenvalue weighted by Crippen LogP contribution is -2.26. The zero-order valence-corrected chi connectivity index (χ0v) is 8.43. The van der Waals surface area contributed by atoms with Crippen molar-refractivity contribution in [1.29, 1.82) is 0 Å². The maximum absolute atomic E-state index is 5.59. The summed E-state index contributed by atoms with van der Waals surface area (Å²) in [7, 11) is 3.66. The van der Waals surface area contributed by atoms with Gasteiger partial charge in [-0.3, -0.25) is 0 Å². The van der Waals surface area contributed by atoms with Gasteiger partial charge in [0, 0.05) is 26.9 Å². The van der Waals surface area contributed by atoms with E-state index in [4.69, 9.17) is 9.47 Å². The summed E-state index contributed by atoms with van der Waals surface area (Å²) in [6, 6.07) is 0. The Bertz CT molecular complexity index is 88.6. The van der Waals surface area contributed by atoms with Crippen molar-refractivity contribution in [2.45, 2.75) is 25.9 Å². The molecule has 1 unspecified atom stereocenters. The van der Waals surface area contributed by atoms with Crippen molar-refractivity contribution >= 4 is 0 Å². The van der Waals surface area contributed by atoms with Crippen molar-refractivity contribution in [3.63, 3.8) is 0 Å². The average Bonchev–Trinajstić information content (AvgIpc) is 2.10. The quantitative estimate of drug-likeness (QED) is 0.559. The fraction of sp³-hybridized carbons (Fsp3) is 1.00. The Morgan fingerprint density at radius 3 is 2.58 bits per heavy atom. The summed E-state index contributed by atoms with van der Waals surface area (Å²) in [5.74, 6) is 0. The molecule has 3 heteroatoms. The molecule has 1 atom stereocenters. The van der Waals surface area contributed by atoms with Crippen LogP contribution >= 0.6 is 0 Å². The number of likely N-dealkylation sites (N-methyl/N-ethyl adjacent to an activating group) is 1.